The highest BCUT2D eigenvalue weighted by Crippen LogP contribution is 2.27. The summed E-state index contributed by atoms with van der Waals surface area (Å²) in [6.07, 6.45) is 1.73. The highest BCUT2D eigenvalue weighted by molar-refractivity contribution is 5.93. The number of hydrogen-bond acceptors (Lipinski definition) is 3. The van der Waals surface area contributed by atoms with Crippen LogP contribution in [0.3, 0.4) is 0 Å². The van der Waals surface area contributed by atoms with E-state index >= 15 is 0 Å². The lowest BCUT2D eigenvalue weighted by Gasteiger charge is -2.24. The van der Waals surface area contributed by atoms with Gasteiger partial charge in [-0.25, -0.2) is 4.39 Å². The molecule has 3 rings (SSSR count). The zero-order chi connectivity index (χ0) is 16.4. The maximum Gasteiger partial charge on any atom is 0.270 e. The Kier molecular flexibility index (Phi) is 4.43. The van der Waals surface area contributed by atoms with E-state index in [0.717, 1.165) is 24.1 Å². The molecule has 2 heterocycles. The van der Waals surface area contributed by atoms with Gasteiger partial charge in [0.25, 0.3) is 5.91 Å². The van der Waals surface area contributed by atoms with Gasteiger partial charge < -0.3 is 10.1 Å². The van der Waals surface area contributed by atoms with Crippen LogP contribution in [-0.4, -0.2) is 28.4 Å². The molecule has 2 aromatic rings. The van der Waals surface area contributed by atoms with Crippen molar-refractivity contribution in [2.45, 2.75) is 31.9 Å². The van der Waals surface area contributed by atoms with Gasteiger partial charge in [0, 0.05) is 13.7 Å². The molecule has 1 aromatic heterocycles. The van der Waals surface area contributed by atoms with Gasteiger partial charge in [0.15, 0.2) is 0 Å². The summed E-state index contributed by atoms with van der Waals surface area (Å²) in [6.45, 7) is 2.53. The second-order valence-electron chi connectivity index (χ2n) is 5.85. The first kappa shape index (κ1) is 15.7. The molecule has 1 aliphatic heterocycles. The van der Waals surface area contributed by atoms with Gasteiger partial charge in [-0.05, 0) is 43.5 Å². The quantitative estimate of drug-likeness (QED) is 0.943. The minimum atomic E-state index is -0.305. The standard InChI is InChI=1S/C17H20FN3O2/c1-11-10-14(21(2)20-11)17(22)19-16(15-4-3-9-23-15)12-5-7-13(18)8-6-12/h5-8,10,15-16H,3-4,9H2,1-2H3,(H,19,22). The molecule has 0 bridgehead atoms. The number of ether oxygens (including phenoxy) is 1. The lowest BCUT2D eigenvalue weighted by Crippen LogP contribution is -2.37. The maximum atomic E-state index is 13.2. The third-order valence-electron chi connectivity index (χ3n) is 4.09. The summed E-state index contributed by atoms with van der Waals surface area (Å²) in [5.41, 5.74) is 2.12. The number of halogens is 1. The minimum Gasteiger partial charge on any atom is -0.376 e. The molecule has 23 heavy (non-hydrogen) atoms. The number of hydrogen-bond donors (Lipinski definition) is 1. The molecule has 1 fully saturated rings. The molecule has 1 saturated heterocycles. The molecule has 6 heteroatoms. The summed E-state index contributed by atoms with van der Waals surface area (Å²) in [6, 6.07) is 7.62. The van der Waals surface area contributed by atoms with E-state index < -0.39 is 0 Å². The Hall–Kier alpha value is -2.21. The Morgan fingerprint density at radius 1 is 1.43 bits per heavy atom. The van der Waals surface area contributed by atoms with Crippen molar-refractivity contribution >= 4 is 5.91 Å². The molecule has 122 valence electrons. The SMILES string of the molecule is Cc1cc(C(=O)NC(c2ccc(F)cc2)C2CCCO2)n(C)n1. The Morgan fingerprint density at radius 2 is 2.17 bits per heavy atom. The lowest BCUT2D eigenvalue weighted by molar-refractivity contribution is 0.0667. The molecule has 1 N–H and O–H groups in total. The predicted octanol–water partition coefficient (Wildman–Crippen LogP) is 2.52. The number of carbonyl (C=O) groups is 1. The first-order valence-electron chi connectivity index (χ1n) is 7.73. The van der Waals surface area contributed by atoms with Gasteiger partial charge in [-0.3, -0.25) is 9.48 Å². The third-order valence-corrected chi connectivity index (χ3v) is 4.09. The van der Waals surface area contributed by atoms with Gasteiger partial charge in [-0.15, -0.1) is 0 Å². The molecule has 2 atom stereocenters. The number of nitrogens with one attached hydrogen (secondary N) is 1. The Bertz CT molecular complexity index is 690. The fraction of sp³-hybridized carbons (Fsp3) is 0.412. The van der Waals surface area contributed by atoms with Crippen molar-refractivity contribution in [3.05, 3.63) is 53.1 Å². The summed E-state index contributed by atoms with van der Waals surface area (Å²) in [5.74, 6) is -0.508. The summed E-state index contributed by atoms with van der Waals surface area (Å²) < 4.78 is 20.5. The zero-order valence-electron chi connectivity index (χ0n) is 13.3. The van der Waals surface area contributed by atoms with E-state index in [0.29, 0.717) is 12.3 Å². The number of aryl methyl sites for hydroxylation is 2. The Morgan fingerprint density at radius 3 is 2.74 bits per heavy atom. The molecule has 1 aromatic carbocycles. The highest BCUT2D eigenvalue weighted by atomic mass is 19.1. The summed E-state index contributed by atoms with van der Waals surface area (Å²) in [5, 5.41) is 7.21. The minimum absolute atomic E-state index is 0.0984. The fourth-order valence-electron chi connectivity index (χ4n) is 2.96. The van der Waals surface area contributed by atoms with Gasteiger partial charge in [0.2, 0.25) is 0 Å². The second-order valence-corrected chi connectivity index (χ2v) is 5.85. The van der Waals surface area contributed by atoms with E-state index in [1.54, 1.807) is 29.9 Å². The van der Waals surface area contributed by atoms with Gasteiger partial charge in [-0.2, -0.15) is 5.10 Å². The summed E-state index contributed by atoms with van der Waals surface area (Å²) in [4.78, 5) is 12.6. The second kappa shape index (κ2) is 6.50. The van der Waals surface area contributed by atoms with Crippen LogP contribution in [0.2, 0.25) is 0 Å². The highest BCUT2D eigenvalue weighted by Gasteiger charge is 2.29. The number of amides is 1. The number of nitrogens with zero attached hydrogens (tertiary/aromatic N) is 2. The summed E-state index contributed by atoms with van der Waals surface area (Å²) >= 11 is 0. The van der Waals surface area contributed by atoms with E-state index in [4.69, 9.17) is 4.74 Å². The van der Waals surface area contributed by atoms with Gasteiger partial charge in [0.1, 0.15) is 11.5 Å². The van der Waals surface area contributed by atoms with Crippen LogP contribution in [-0.2, 0) is 11.8 Å². The van der Waals surface area contributed by atoms with E-state index in [9.17, 15) is 9.18 Å². The van der Waals surface area contributed by atoms with Crippen LogP contribution < -0.4 is 5.32 Å². The molecule has 1 amide bonds. The molecule has 5 nitrogen and oxygen atoms in total. The maximum absolute atomic E-state index is 13.2. The zero-order valence-corrected chi connectivity index (χ0v) is 13.3. The monoisotopic (exact) mass is 317 g/mol. The smallest absolute Gasteiger partial charge is 0.270 e. The fourth-order valence-corrected chi connectivity index (χ4v) is 2.96. The molecule has 0 saturated carbocycles. The van der Waals surface area contributed by atoms with Gasteiger partial charge in [-0.1, -0.05) is 12.1 Å². The van der Waals surface area contributed by atoms with Crippen molar-refractivity contribution in [2.75, 3.05) is 6.61 Å². The predicted molar refractivity (Wildman–Crippen MR) is 83.5 cm³/mol. The van der Waals surface area contributed by atoms with Crippen LogP contribution in [0.1, 0.15) is 40.6 Å². The van der Waals surface area contributed by atoms with E-state index in [1.165, 1.54) is 12.1 Å². The van der Waals surface area contributed by atoms with E-state index in [1.807, 2.05) is 6.92 Å². The third kappa shape index (κ3) is 3.42. The number of benzene rings is 1. The Labute approximate surface area is 134 Å². The van der Waals surface area contributed by atoms with Crippen LogP contribution >= 0.6 is 0 Å². The molecular formula is C17H20FN3O2. The normalized spacial score (nSPS) is 18.8. The molecule has 1 aliphatic rings. The number of aromatic nitrogens is 2. The van der Waals surface area contributed by atoms with E-state index in [2.05, 4.69) is 10.4 Å². The largest absolute Gasteiger partial charge is 0.376 e. The van der Waals surface area contributed by atoms with Crippen LogP contribution in [0.25, 0.3) is 0 Å². The first-order valence-corrected chi connectivity index (χ1v) is 7.73. The van der Waals surface area contributed by atoms with Crippen molar-refractivity contribution in [2.24, 2.45) is 7.05 Å². The average molecular weight is 317 g/mol. The van der Waals surface area contributed by atoms with Crippen LogP contribution in [0.5, 0.6) is 0 Å². The number of carbonyl (C=O) groups excluding carboxylic acids is 1. The lowest BCUT2D eigenvalue weighted by atomic mass is 9.99. The van der Waals surface area contributed by atoms with Crippen molar-refractivity contribution in [3.8, 4) is 0 Å². The first-order chi connectivity index (χ1) is 11.0. The van der Waals surface area contributed by atoms with Gasteiger partial charge >= 0.3 is 0 Å². The van der Waals surface area contributed by atoms with Gasteiger partial charge in [0.05, 0.1) is 17.8 Å². The summed E-state index contributed by atoms with van der Waals surface area (Å²) in [7, 11) is 1.74. The average Bonchev–Trinajstić information content (AvgIpc) is 3.15. The van der Waals surface area contributed by atoms with Crippen molar-refractivity contribution < 1.29 is 13.9 Å². The van der Waals surface area contributed by atoms with E-state index in [-0.39, 0.29) is 23.9 Å². The van der Waals surface area contributed by atoms with Crippen molar-refractivity contribution in [1.82, 2.24) is 15.1 Å². The molecule has 0 aliphatic carbocycles. The Balaban J connectivity index is 1.85. The topological polar surface area (TPSA) is 56.1 Å². The van der Waals surface area contributed by atoms with Crippen molar-refractivity contribution in [3.63, 3.8) is 0 Å². The van der Waals surface area contributed by atoms with Crippen LogP contribution in [0.15, 0.2) is 30.3 Å². The molecule has 0 radical (unpaired) electrons. The molecular weight excluding hydrogens is 297 g/mol. The van der Waals surface area contributed by atoms with Crippen LogP contribution in [0.4, 0.5) is 4.39 Å². The number of rotatable bonds is 4. The molecule has 2 unspecified atom stereocenters. The molecule has 0 spiro atoms. The van der Waals surface area contributed by atoms with Crippen LogP contribution in [0, 0.1) is 12.7 Å². The van der Waals surface area contributed by atoms with Crippen molar-refractivity contribution in [1.29, 1.82) is 0 Å².